The summed E-state index contributed by atoms with van der Waals surface area (Å²) in [5, 5.41) is 9.80. The summed E-state index contributed by atoms with van der Waals surface area (Å²) in [6, 6.07) is 10.3. The van der Waals surface area contributed by atoms with Crippen LogP contribution in [0.2, 0.25) is 0 Å². The van der Waals surface area contributed by atoms with E-state index in [0.717, 1.165) is 64.9 Å². The van der Waals surface area contributed by atoms with E-state index >= 15 is 0 Å². The van der Waals surface area contributed by atoms with Crippen LogP contribution in [0, 0.1) is 13.8 Å². The molecule has 5 rings (SSSR count). The molecule has 6 nitrogen and oxygen atoms in total. The van der Waals surface area contributed by atoms with E-state index in [4.69, 9.17) is 5.10 Å². The highest BCUT2D eigenvalue weighted by atomic mass is 16.1. The maximum atomic E-state index is 13.0. The second kappa shape index (κ2) is 6.56. The topological polar surface area (TPSA) is 64.2 Å². The first-order valence-electron chi connectivity index (χ1n) is 9.80. The maximum Gasteiger partial charge on any atom is 0.258 e. The molecule has 4 aromatic rings. The third-order valence-electron chi connectivity index (χ3n) is 5.62. The number of pyridine rings is 1. The molecule has 0 aliphatic carbocycles. The number of rotatable bonds is 2. The monoisotopic (exact) mass is 373 g/mol. The molecule has 0 radical (unpaired) electrons. The average molecular weight is 373 g/mol. The number of hydrogen-bond acceptors (Lipinski definition) is 4. The Kier molecular flexibility index (Phi) is 4.02. The molecule has 1 aliphatic rings. The van der Waals surface area contributed by atoms with Gasteiger partial charge >= 0.3 is 0 Å². The Morgan fingerprint density at radius 1 is 1.18 bits per heavy atom. The molecule has 1 saturated heterocycles. The van der Waals surface area contributed by atoms with Gasteiger partial charge in [-0.15, -0.1) is 0 Å². The van der Waals surface area contributed by atoms with Crippen LogP contribution < -0.4 is 10.9 Å². The molecule has 3 aromatic heterocycles. The van der Waals surface area contributed by atoms with E-state index in [2.05, 4.69) is 22.4 Å². The predicted octanol–water partition coefficient (Wildman–Crippen LogP) is 3.25. The Labute approximate surface area is 162 Å². The third kappa shape index (κ3) is 2.81. The molecular weight excluding hydrogens is 350 g/mol. The summed E-state index contributed by atoms with van der Waals surface area (Å²) in [6.07, 6.45) is 6.02. The zero-order valence-corrected chi connectivity index (χ0v) is 16.1. The molecule has 0 unspecified atom stereocenters. The van der Waals surface area contributed by atoms with Crippen molar-refractivity contribution in [2.45, 2.75) is 32.7 Å². The Bertz CT molecular complexity index is 1250. The van der Waals surface area contributed by atoms with Crippen LogP contribution in [0.25, 0.3) is 27.7 Å². The van der Waals surface area contributed by atoms with Crippen LogP contribution in [0.15, 0.2) is 47.5 Å². The van der Waals surface area contributed by atoms with Crippen molar-refractivity contribution in [3.63, 3.8) is 0 Å². The summed E-state index contributed by atoms with van der Waals surface area (Å²) >= 11 is 0. The van der Waals surface area contributed by atoms with Gasteiger partial charge in [0.1, 0.15) is 0 Å². The van der Waals surface area contributed by atoms with Crippen molar-refractivity contribution in [3.8, 4) is 11.3 Å². The van der Waals surface area contributed by atoms with E-state index in [9.17, 15) is 4.79 Å². The summed E-state index contributed by atoms with van der Waals surface area (Å²) in [7, 11) is 0. The van der Waals surface area contributed by atoms with Crippen LogP contribution in [0.3, 0.4) is 0 Å². The molecule has 0 saturated carbocycles. The van der Waals surface area contributed by atoms with E-state index in [1.807, 2.05) is 53.5 Å². The summed E-state index contributed by atoms with van der Waals surface area (Å²) in [6.45, 7) is 5.91. The number of benzene rings is 1. The summed E-state index contributed by atoms with van der Waals surface area (Å²) in [5.74, 6) is 0. The quantitative estimate of drug-likeness (QED) is 0.586. The molecule has 1 aliphatic heterocycles. The van der Waals surface area contributed by atoms with Crippen molar-refractivity contribution in [2.24, 2.45) is 0 Å². The molecule has 1 fully saturated rings. The molecular formula is C22H23N5O. The fourth-order valence-corrected chi connectivity index (χ4v) is 4.17. The fourth-order valence-electron chi connectivity index (χ4n) is 4.17. The zero-order valence-electron chi connectivity index (χ0n) is 16.1. The molecule has 0 bridgehead atoms. The molecule has 0 spiro atoms. The van der Waals surface area contributed by atoms with Gasteiger partial charge in [-0.05, 0) is 68.4 Å². The summed E-state index contributed by atoms with van der Waals surface area (Å²) < 4.78 is 3.72. The minimum absolute atomic E-state index is 0.0857. The molecule has 4 heterocycles. The van der Waals surface area contributed by atoms with Crippen molar-refractivity contribution in [1.29, 1.82) is 0 Å². The summed E-state index contributed by atoms with van der Waals surface area (Å²) in [4.78, 5) is 17.5. The largest absolute Gasteiger partial charge is 0.315 e. The van der Waals surface area contributed by atoms with Crippen molar-refractivity contribution in [1.82, 2.24) is 24.5 Å². The van der Waals surface area contributed by atoms with Crippen molar-refractivity contribution < 1.29 is 0 Å². The van der Waals surface area contributed by atoms with Gasteiger partial charge in [0.15, 0.2) is 5.65 Å². The lowest BCUT2D eigenvalue weighted by atomic mass is 10.0. The minimum atomic E-state index is 0.0857. The average Bonchev–Trinajstić information content (AvgIpc) is 3.09. The highest BCUT2D eigenvalue weighted by Gasteiger charge is 2.17. The number of fused-ring (bicyclic) bond motifs is 2. The number of imidazole rings is 1. The minimum Gasteiger partial charge on any atom is -0.315 e. The van der Waals surface area contributed by atoms with Gasteiger partial charge in [-0.3, -0.25) is 4.79 Å². The normalized spacial score (nSPS) is 17.4. The Morgan fingerprint density at radius 3 is 2.89 bits per heavy atom. The second-order valence-electron chi connectivity index (χ2n) is 7.69. The highest BCUT2D eigenvalue weighted by molar-refractivity contribution is 5.86. The van der Waals surface area contributed by atoms with E-state index in [-0.39, 0.29) is 11.6 Å². The zero-order chi connectivity index (χ0) is 19.3. The lowest BCUT2D eigenvalue weighted by Gasteiger charge is -2.25. The van der Waals surface area contributed by atoms with Gasteiger partial charge in [-0.25, -0.2) is 9.50 Å². The number of aromatic nitrogens is 4. The van der Waals surface area contributed by atoms with Gasteiger partial charge in [0.2, 0.25) is 0 Å². The second-order valence-corrected chi connectivity index (χ2v) is 7.69. The van der Waals surface area contributed by atoms with E-state index in [0.29, 0.717) is 0 Å². The van der Waals surface area contributed by atoms with Crippen LogP contribution >= 0.6 is 0 Å². The number of hydrogen-bond donors (Lipinski definition) is 1. The van der Waals surface area contributed by atoms with E-state index < -0.39 is 0 Å². The van der Waals surface area contributed by atoms with Crippen LogP contribution in [-0.2, 0) is 0 Å². The standard InChI is InChI=1S/C22H23N5O/c1-14-10-20(25-27-13-15(2)24-21(14)27)17-5-6-19-16(11-17)7-9-26(22(19)28)18-4-3-8-23-12-18/h5-7,9-11,13,18,23H,3-4,8,12H2,1-2H3/t18-/m1/s1. The number of nitrogens with one attached hydrogen (secondary N) is 1. The van der Waals surface area contributed by atoms with Crippen molar-refractivity contribution in [2.75, 3.05) is 13.1 Å². The van der Waals surface area contributed by atoms with Gasteiger partial charge in [0.25, 0.3) is 5.56 Å². The smallest absolute Gasteiger partial charge is 0.258 e. The van der Waals surface area contributed by atoms with Crippen LogP contribution in [0.5, 0.6) is 0 Å². The first kappa shape index (κ1) is 17.1. The number of piperidine rings is 1. The van der Waals surface area contributed by atoms with Crippen LogP contribution in [-0.4, -0.2) is 32.3 Å². The van der Waals surface area contributed by atoms with Gasteiger partial charge in [0.05, 0.1) is 17.6 Å². The van der Waals surface area contributed by atoms with Crippen molar-refractivity contribution in [3.05, 3.63) is 64.3 Å². The molecule has 28 heavy (non-hydrogen) atoms. The lowest BCUT2D eigenvalue weighted by Crippen LogP contribution is -2.36. The van der Waals surface area contributed by atoms with E-state index in [1.54, 1.807) is 0 Å². The molecule has 0 amide bonds. The highest BCUT2D eigenvalue weighted by Crippen LogP contribution is 2.24. The molecule has 1 N–H and O–H groups in total. The summed E-state index contributed by atoms with van der Waals surface area (Å²) in [5.41, 5.74) is 4.88. The molecule has 6 heteroatoms. The van der Waals surface area contributed by atoms with Crippen LogP contribution in [0.4, 0.5) is 0 Å². The predicted molar refractivity (Wildman–Crippen MR) is 111 cm³/mol. The van der Waals surface area contributed by atoms with Crippen molar-refractivity contribution >= 4 is 16.4 Å². The Hall–Kier alpha value is -2.99. The van der Waals surface area contributed by atoms with Gasteiger partial charge < -0.3 is 9.88 Å². The Morgan fingerprint density at radius 2 is 2.07 bits per heavy atom. The number of nitrogens with zero attached hydrogens (tertiary/aromatic N) is 4. The van der Waals surface area contributed by atoms with Gasteiger partial charge in [-0.1, -0.05) is 6.07 Å². The fraction of sp³-hybridized carbons (Fsp3) is 0.318. The van der Waals surface area contributed by atoms with Gasteiger partial charge in [0, 0.05) is 29.7 Å². The first-order valence-corrected chi connectivity index (χ1v) is 9.80. The maximum absolute atomic E-state index is 13.0. The third-order valence-corrected chi connectivity index (χ3v) is 5.62. The SMILES string of the molecule is Cc1cn2nc(-c3ccc4c(=O)n([C@@H]5CCCNC5)ccc4c3)cc(C)c2n1. The molecule has 1 atom stereocenters. The van der Waals surface area contributed by atoms with E-state index in [1.165, 1.54) is 0 Å². The van der Waals surface area contributed by atoms with Gasteiger partial charge in [-0.2, -0.15) is 5.10 Å². The molecule has 142 valence electrons. The lowest BCUT2D eigenvalue weighted by molar-refractivity contribution is 0.365. The first-order chi connectivity index (χ1) is 13.6. The number of aryl methyl sites for hydroxylation is 2. The molecule has 1 aromatic carbocycles. The van der Waals surface area contributed by atoms with Crippen LogP contribution in [0.1, 0.15) is 30.1 Å². The Balaban J connectivity index is 1.59.